The van der Waals surface area contributed by atoms with Crippen LogP contribution in [0.4, 0.5) is 5.69 Å². The Balaban J connectivity index is 1.52. The van der Waals surface area contributed by atoms with Crippen molar-refractivity contribution >= 4 is 21.6 Å². The number of methoxy groups -OCH3 is 1. The van der Waals surface area contributed by atoms with Gasteiger partial charge in [-0.1, -0.05) is 48.5 Å². The summed E-state index contributed by atoms with van der Waals surface area (Å²) in [6, 6.07) is 24.2. The van der Waals surface area contributed by atoms with Crippen molar-refractivity contribution in [2.75, 3.05) is 44.7 Å². The van der Waals surface area contributed by atoms with E-state index >= 15 is 0 Å². The zero-order chi connectivity index (χ0) is 24.8. The molecule has 1 heterocycles. The molecule has 0 aromatic heterocycles. The molecule has 184 valence electrons. The Labute approximate surface area is 207 Å². The van der Waals surface area contributed by atoms with Crippen LogP contribution < -0.4 is 9.64 Å². The number of hydrogen-bond donors (Lipinski definition) is 0. The predicted octanol–water partition coefficient (Wildman–Crippen LogP) is 3.54. The fourth-order valence-electron chi connectivity index (χ4n) is 4.28. The molecule has 0 bridgehead atoms. The fourth-order valence-corrected chi connectivity index (χ4v) is 5.74. The lowest BCUT2D eigenvalue weighted by atomic mass is 10.2. The van der Waals surface area contributed by atoms with Crippen LogP contribution in [0.15, 0.2) is 83.8 Å². The second-order valence-corrected chi connectivity index (χ2v) is 10.5. The topological polar surface area (TPSA) is 70.2 Å². The molecule has 1 aliphatic rings. The third-order valence-corrected chi connectivity index (χ3v) is 8.06. The highest BCUT2D eigenvalue weighted by molar-refractivity contribution is 7.89. The molecule has 3 aromatic rings. The molecule has 0 spiro atoms. The molecule has 0 unspecified atom stereocenters. The Morgan fingerprint density at radius 1 is 0.914 bits per heavy atom. The Morgan fingerprint density at radius 2 is 1.54 bits per heavy atom. The maximum atomic E-state index is 13.7. The molecular weight excluding hydrogens is 462 g/mol. The first-order chi connectivity index (χ1) is 16.9. The van der Waals surface area contributed by atoms with Crippen LogP contribution in [-0.4, -0.2) is 63.4 Å². The molecule has 1 fully saturated rings. The van der Waals surface area contributed by atoms with E-state index < -0.39 is 10.0 Å². The minimum atomic E-state index is -3.91. The highest BCUT2D eigenvalue weighted by Gasteiger charge is 2.30. The second-order valence-electron chi connectivity index (χ2n) is 8.59. The van der Waals surface area contributed by atoms with Gasteiger partial charge in [-0.25, -0.2) is 8.42 Å². The lowest BCUT2D eigenvalue weighted by Gasteiger charge is -2.37. The number of piperazine rings is 1. The Morgan fingerprint density at radius 3 is 2.14 bits per heavy atom. The number of para-hydroxylation sites is 1. The molecule has 0 N–H and O–H groups in total. The summed E-state index contributed by atoms with van der Waals surface area (Å²) in [5.74, 6) is 0.424. The van der Waals surface area contributed by atoms with Gasteiger partial charge in [0.2, 0.25) is 15.9 Å². The number of nitrogens with zero attached hydrogens (tertiary/aromatic N) is 3. The number of carbonyl (C=O) groups excluding carboxylic acids is 1. The third-order valence-electron chi connectivity index (χ3n) is 6.27. The molecule has 4 rings (SSSR count). The summed E-state index contributed by atoms with van der Waals surface area (Å²) in [6.45, 7) is 4.22. The Kier molecular flexibility index (Phi) is 7.73. The summed E-state index contributed by atoms with van der Waals surface area (Å²) in [5, 5.41) is 0. The number of ether oxygens (including phenoxy) is 1. The molecule has 35 heavy (non-hydrogen) atoms. The number of sulfonamides is 1. The molecule has 7 nitrogen and oxygen atoms in total. The smallest absolute Gasteiger partial charge is 0.243 e. The summed E-state index contributed by atoms with van der Waals surface area (Å²) in [7, 11) is -2.36. The minimum absolute atomic E-state index is 0.115. The Hall–Kier alpha value is -3.36. The van der Waals surface area contributed by atoms with Gasteiger partial charge < -0.3 is 14.5 Å². The molecule has 0 atom stereocenters. The standard InChI is InChI=1S/C27H31N3O4S/c1-22-19-25(13-14-26(22)34-2)35(32,33)30(20-23-9-5-3-6-10-23)21-27(31)29-17-15-28(16-18-29)24-11-7-4-8-12-24/h3-14,19H,15-18,20-21H2,1-2H3. The first kappa shape index (κ1) is 24.8. The molecule has 0 saturated carbocycles. The van der Waals surface area contributed by atoms with E-state index in [1.54, 1.807) is 31.1 Å². The molecule has 1 amide bonds. The first-order valence-corrected chi connectivity index (χ1v) is 13.1. The molecule has 1 saturated heterocycles. The normalized spacial score (nSPS) is 14.3. The van der Waals surface area contributed by atoms with Crippen molar-refractivity contribution in [3.05, 3.63) is 90.0 Å². The lowest BCUT2D eigenvalue weighted by molar-refractivity contribution is -0.131. The SMILES string of the molecule is COc1ccc(S(=O)(=O)N(CC(=O)N2CCN(c3ccccc3)CC2)Cc2ccccc2)cc1C. The van der Waals surface area contributed by atoms with E-state index in [-0.39, 0.29) is 23.9 Å². The van der Waals surface area contributed by atoms with Gasteiger partial charge in [-0.15, -0.1) is 0 Å². The lowest BCUT2D eigenvalue weighted by Crippen LogP contribution is -2.51. The van der Waals surface area contributed by atoms with Crippen LogP contribution in [-0.2, 0) is 21.4 Å². The molecule has 8 heteroatoms. The van der Waals surface area contributed by atoms with Crippen LogP contribution in [0.2, 0.25) is 0 Å². The highest BCUT2D eigenvalue weighted by Crippen LogP contribution is 2.25. The van der Waals surface area contributed by atoms with Crippen LogP contribution in [0, 0.1) is 6.92 Å². The van der Waals surface area contributed by atoms with Crippen LogP contribution in [0.3, 0.4) is 0 Å². The van der Waals surface area contributed by atoms with Crippen molar-refractivity contribution < 1.29 is 17.9 Å². The largest absolute Gasteiger partial charge is 0.496 e. The van der Waals surface area contributed by atoms with E-state index in [4.69, 9.17) is 4.74 Å². The number of hydrogen-bond acceptors (Lipinski definition) is 5. The summed E-state index contributed by atoms with van der Waals surface area (Å²) in [5.41, 5.74) is 2.67. The zero-order valence-corrected chi connectivity index (χ0v) is 20.9. The van der Waals surface area contributed by atoms with E-state index in [9.17, 15) is 13.2 Å². The number of anilines is 1. The third kappa shape index (κ3) is 5.83. The van der Waals surface area contributed by atoms with Crippen LogP contribution in [0.25, 0.3) is 0 Å². The minimum Gasteiger partial charge on any atom is -0.496 e. The van der Waals surface area contributed by atoms with E-state index in [1.807, 2.05) is 48.5 Å². The number of rotatable bonds is 8. The van der Waals surface area contributed by atoms with Gasteiger partial charge in [0, 0.05) is 38.4 Å². The van der Waals surface area contributed by atoms with Crippen molar-refractivity contribution in [1.29, 1.82) is 0 Å². The van der Waals surface area contributed by atoms with E-state index in [1.165, 1.54) is 10.4 Å². The molecule has 3 aromatic carbocycles. The number of amides is 1. The fraction of sp³-hybridized carbons (Fsp3) is 0.296. The predicted molar refractivity (Wildman–Crippen MR) is 137 cm³/mol. The van der Waals surface area contributed by atoms with Gasteiger partial charge in [0.05, 0.1) is 18.6 Å². The van der Waals surface area contributed by atoms with E-state index in [0.717, 1.165) is 16.8 Å². The maximum Gasteiger partial charge on any atom is 0.243 e. The summed E-state index contributed by atoms with van der Waals surface area (Å²) in [4.78, 5) is 17.4. The maximum absolute atomic E-state index is 13.7. The van der Waals surface area contributed by atoms with Crippen molar-refractivity contribution in [1.82, 2.24) is 9.21 Å². The average Bonchev–Trinajstić information content (AvgIpc) is 2.89. The van der Waals surface area contributed by atoms with E-state index in [0.29, 0.717) is 31.9 Å². The van der Waals surface area contributed by atoms with Gasteiger partial charge in [-0.05, 0) is 48.4 Å². The number of benzene rings is 3. The summed E-state index contributed by atoms with van der Waals surface area (Å²) < 4.78 is 33.9. The van der Waals surface area contributed by atoms with Crippen molar-refractivity contribution in [3.8, 4) is 5.75 Å². The number of aryl methyl sites for hydroxylation is 1. The van der Waals surface area contributed by atoms with Gasteiger partial charge in [0.15, 0.2) is 0 Å². The van der Waals surface area contributed by atoms with Crippen LogP contribution in [0.5, 0.6) is 5.75 Å². The molecule has 0 aliphatic carbocycles. The van der Waals surface area contributed by atoms with Crippen LogP contribution in [0.1, 0.15) is 11.1 Å². The quantitative estimate of drug-likeness (QED) is 0.480. The van der Waals surface area contributed by atoms with Gasteiger partial charge in [-0.2, -0.15) is 4.31 Å². The molecular formula is C27H31N3O4S. The number of carbonyl (C=O) groups is 1. The van der Waals surface area contributed by atoms with Gasteiger partial charge >= 0.3 is 0 Å². The van der Waals surface area contributed by atoms with Crippen molar-refractivity contribution in [2.45, 2.75) is 18.4 Å². The molecule has 0 radical (unpaired) electrons. The Bertz CT molecular complexity index is 1240. The van der Waals surface area contributed by atoms with Crippen molar-refractivity contribution in [2.24, 2.45) is 0 Å². The van der Waals surface area contributed by atoms with E-state index in [2.05, 4.69) is 17.0 Å². The summed E-state index contributed by atoms with van der Waals surface area (Å²) >= 11 is 0. The second kappa shape index (κ2) is 10.9. The first-order valence-electron chi connectivity index (χ1n) is 11.6. The monoisotopic (exact) mass is 493 g/mol. The van der Waals surface area contributed by atoms with Gasteiger partial charge in [0.1, 0.15) is 5.75 Å². The zero-order valence-electron chi connectivity index (χ0n) is 20.1. The highest BCUT2D eigenvalue weighted by atomic mass is 32.2. The summed E-state index contributed by atoms with van der Waals surface area (Å²) in [6.07, 6.45) is 0. The van der Waals surface area contributed by atoms with Gasteiger partial charge in [0.25, 0.3) is 0 Å². The average molecular weight is 494 g/mol. The van der Waals surface area contributed by atoms with Crippen molar-refractivity contribution in [3.63, 3.8) is 0 Å². The van der Waals surface area contributed by atoms with Gasteiger partial charge in [-0.3, -0.25) is 4.79 Å². The van der Waals surface area contributed by atoms with Crippen LogP contribution >= 0.6 is 0 Å². The molecule has 1 aliphatic heterocycles.